The Balaban J connectivity index is 1.44. The summed E-state index contributed by atoms with van der Waals surface area (Å²) in [6.45, 7) is 5.28. The minimum Gasteiger partial charge on any atom is -0.335 e. The van der Waals surface area contributed by atoms with Crippen molar-refractivity contribution in [3.63, 3.8) is 0 Å². The van der Waals surface area contributed by atoms with E-state index in [2.05, 4.69) is 58.7 Å². The summed E-state index contributed by atoms with van der Waals surface area (Å²) in [5.41, 5.74) is 5.30. The van der Waals surface area contributed by atoms with Crippen molar-refractivity contribution < 1.29 is 4.79 Å². The highest BCUT2D eigenvalue weighted by Crippen LogP contribution is 2.34. The van der Waals surface area contributed by atoms with Crippen LogP contribution in [-0.2, 0) is 17.9 Å². The van der Waals surface area contributed by atoms with E-state index in [1.54, 1.807) is 11.3 Å². The molecule has 1 saturated carbocycles. The second-order valence-electron chi connectivity index (χ2n) is 8.39. The van der Waals surface area contributed by atoms with Crippen molar-refractivity contribution in [1.82, 2.24) is 19.7 Å². The zero-order chi connectivity index (χ0) is 21.4. The van der Waals surface area contributed by atoms with Gasteiger partial charge in [-0.2, -0.15) is 5.10 Å². The summed E-state index contributed by atoms with van der Waals surface area (Å²) in [7, 11) is 0. The fourth-order valence-corrected chi connectivity index (χ4v) is 4.75. The Labute approximate surface area is 186 Å². The Kier molecular flexibility index (Phi) is 5.32. The van der Waals surface area contributed by atoms with E-state index in [1.807, 2.05) is 23.9 Å². The highest BCUT2D eigenvalue weighted by molar-refractivity contribution is 7.13. The first-order chi connectivity index (χ1) is 15.1. The van der Waals surface area contributed by atoms with Gasteiger partial charge in [0.25, 0.3) is 0 Å². The van der Waals surface area contributed by atoms with E-state index in [9.17, 15) is 4.79 Å². The van der Waals surface area contributed by atoms with Crippen LogP contribution in [0.2, 0.25) is 0 Å². The monoisotopic (exact) mass is 430 g/mol. The van der Waals surface area contributed by atoms with Gasteiger partial charge in [-0.1, -0.05) is 18.2 Å². The van der Waals surface area contributed by atoms with Crippen LogP contribution in [0.15, 0.2) is 54.0 Å². The molecule has 0 spiro atoms. The van der Waals surface area contributed by atoms with Crippen molar-refractivity contribution in [1.29, 1.82) is 0 Å². The molecule has 0 aliphatic heterocycles. The number of amides is 1. The van der Waals surface area contributed by atoms with E-state index in [-0.39, 0.29) is 5.91 Å². The number of rotatable bonds is 7. The molecule has 4 aromatic rings. The van der Waals surface area contributed by atoms with Crippen molar-refractivity contribution in [2.45, 2.75) is 52.2 Å². The Morgan fingerprint density at radius 1 is 1.19 bits per heavy atom. The number of hydrogen-bond donors (Lipinski definition) is 0. The smallest absolute Gasteiger partial charge is 0.224 e. The first kappa shape index (κ1) is 19.9. The Hall–Kier alpha value is -2.99. The number of aryl methyl sites for hydroxylation is 3. The zero-order valence-electron chi connectivity index (χ0n) is 17.9. The number of thiophene rings is 1. The third-order valence-electron chi connectivity index (χ3n) is 5.78. The van der Waals surface area contributed by atoms with E-state index < -0.39 is 0 Å². The summed E-state index contributed by atoms with van der Waals surface area (Å²) >= 11 is 1.69. The standard InChI is InChI=1S/C25H26N4OS/c1-17-5-6-19-15-20(25(26-22(19)14-17)23-4-3-13-31-23)16-29(21-7-8-21)24(30)10-12-28-11-9-18(2)27-28/h3-6,9,11,13-15,21H,7-8,10,12,16H2,1-2H3. The largest absolute Gasteiger partial charge is 0.335 e. The van der Waals surface area contributed by atoms with Crippen LogP contribution in [-0.4, -0.2) is 31.6 Å². The lowest BCUT2D eigenvalue weighted by Gasteiger charge is -2.24. The molecular formula is C25H26N4OS. The highest BCUT2D eigenvalue weighted by Gasteiger charge is 2.33. The highest BCUT2D eigenvalue weighted by atomic mass is 32.1. The minimum absolute atomic E-state index is 0.191. The Morgan fingerprint density at radius 2 is 2.06 bits per heavy atom. The maximum absolute atomic E-state index is 13.2. The van der Waals surface area contributed by atoms with Gasteiger partial charge in [-0.15, -0.1) is 11.3 Å². The van der Waals surface area contributed by atoms with Crippen molar-refractivity contribution in [3.8, 4) is 10.6 Å². The molecule has 0 unspecified atom stereocenters. The maximum atomic E-state index is 13.2. The molecule has 1 fully saturated rings. The predicted molar refractivity (Wildman–Crippen MR) is 125 cm³/mol. The van der Waals surface area contributed by atoms with Gasteiger partial charge in [-0.25, -0.2) is 4.98 Å². The molecular weight excluding hydrogens is 404 g/mol. The molecule has 158 valence electrons. The van der Waals surface area contributed by atoms with Crippen LogP contribution < -0.4 is 0 Å². The molecule has 0 radical (unpaired) electrons. The second-order valence-corrected chi connectivity index (χ2v) is 9.34. The SMILES string of the molecule is Cc1ccc2cc(CN(C(=O)CCn3ccc(C)n3)C3CC3)c(-c3cccs3)nc2c1. The average molecular weight is 431 g/mol. The van der Waals surface area contributed by atoms with Gasteiger partial charge in [0.1, 0.15) is 0 Å². The topological polar surface area (TPSA) is 51.0 Å². The lowest BCUT2D eigenvalue weighted by Crippen LogP contribution is -2.33. The number of benzene rings is 1. The fraction of sp³-hybridized carbons (Fsp3) is 0.320. The lowest BCUT2D eigenvalue weighted by atomic mass is 10.1. The molecule has 1 aliphatic carbocycles. The summed E-state index contributed by atoms with van der Waals surface area (Å²) in [4.78, 5) is 21.4. The van der Waals surface area contributed by atoms with Crippen LogP contribution in [0.4, 0.5) is 0 Å². The average Bonchev–Trinajstić information content (AvgIpc) is 3.27. The molecule has 5 nitrogen and oxygen atoms in total. The summed E-state index contributed by atoms with van der Waals surface area (Å²) in [5, 5.41) is 7.61. The van der Waals surface area contributed by atoms with Gasteiger partial charge < -0.3 is 4.90 Å². The number of hydrogen-bond acceptors (Lipinski definition) is 4. The van der Waals surface area contributed by atoms with Crippen LogP contribution >= 0.6 is 11.3 Å². The van der Waals surface area contributed by atoms with E-state index in [0.717, 1.165) is 45.6 Å². The summed E-state index contributed by atoms with van der Waals surface area (Å²) in [6, 6.07) is 15.1. The first-order valence-corrected chi connectivity index (χ1v) is 11.7. The minimum atomic E-state index is 0.191. The van der Waals surface area contributed by atoms with Gasteiger partial charge >= 0.3 is 0 Å². The Morgan fingerprint density at radius 3 is 2.77 bits per heavy atom. The normalized spacial score (nSPS) is 13.6. The van der Waals surface area contributed by atoms with Crippen molar-refractivity contribution in [2.24, 2.45) is 0 Å². The quantitative estimate of drug-likeness (QED) is 0.397. The van der Waals surface area contributed by atoms with E-state index in [1.165, 1.54) is 5.56 Å². The van der Waals surface area contributed by atoms with Crippen LogP contribution in [0.25, 0.3) is 21.5 Å². The predicted octanol–water partition coefficient (Wildman–Crippen LogP) is 5.36. The maximum Gasteiger partial charge on any atom is 0.224 e. The molecule has 5 rings (SSSR count). The van der Waals surface area contributed by atoms with Gasteiger partial charge in [-0.3, -0.25) is 9.48 Å². The summed E-state index contributed by atoms with van der Waals surface area (Å²) in [5.74, 6) is 0.191. The molecule has 6 heteroatoms. The number of carbonyl (C=O) groups excluding carboxylic acids is 1. The van der Waals surface area contributed by atoms with E-state index in [4.69, 9.17) is 4.98 Å². The second kappa shape index (κ2) is 8.27. The third kappa shape index (κ3) is 4.39. The van der Waals surface area contributed by atoms with Crippen molar-refractivity contribution >= 4 is 28.1 Å². The summed E-state index contributed by atoms with van der Waals surface area (Å²) in [6.07, 6.45) is 4.57. The molecule has 0 N–H and O–H groups in total. The Bertz CT molecular complexity index is 1220. The molecule has 3 heterocycles. The number of nitrogens with zero attached hydrogens (tertiary/aromatic N) is 4. The number of fused-ring (bicyclic) bond motifs is 1. The molecule has 1 aliphatic rings. The van der Waals surface area contributed by atoms with E-state index in [0.29, 0.717) is 25.6 Å². The van der Waals surface area contributed by atoms with Gasteiger partial charge in [0.15, 0.2) is 0 Å². The number of carbonyl (C=O) groups is 1. The van der Waals surface area contributed by atoms with Crippen LogP contribution in [0.1, 0.15) is 36.1 Å². The molecule has 0 atom stereocenters. The van der Waals surface area contributed by atoms with Gasteiger partial charge in [0, 0.05) is 37.1 Å². The molecule has 1 amide bonds. The molecule has 31 heavy (non-hydrogen) atoms. The number of aromatic nitrogens is 3. The lowest BCUT2D eigenvalue weighted by molar-refractivity contribution is -0.132. The van der Waals surface area contributed by atoms with Crippen LogP contribution in [0.3, 0.4) is 0 Å². The molecule has 3 aromatic heterocycles. The van der Waals surface area contributed by atoms with Crippen LogP contribution in [0, 0.1) is 13.8 Å². The molecule has 1 aromatic carbocycles. The van der Waals surface area contributed by atoms with Gasteiger partial charge in [0.05, 0.1) is 21.8 Å². The molecule has 0 bridgehead atoms. The van der Waals surface area contributed by atoms with E-state index >= 15 is 0 Å². The summed E-state index contributed by atoms with van der Waals surface area (Å²) < 4.78 is 1.86. The van der Waals surface area contributed by atoms with Gasteiger partial charge in [-0.05, 0) is 67.5 Å². The zero-order valence-corrected chi connectivity index (χ0v) is 18.7. The van der Waals surface area contributed by atoms with Crippen molar-refractivity contribution in [3.05, 3.63) is 70.9 Å². The van der Waals surface area contributed by atoms with Crippen LogP contribution in [0.5, 0.6) is 0 Å². The van der Waals surface area contributed by atoms with Gasteiger partial charge in [0.2, 0.25) is 5.91 Å². The third-order valence-corrected chi connectivity index (χ3v) is 6.66. The number of pyridine rings is 1. The fourth-order valence-electron chi connectivity index (χ4n) is 4.00. The van der Waals surface area contributed by atoms with Crippen molar-refractivity contribution in [2.75, 3.05) is 0 Å². The molecule has 0 saturated heterocycles. The first-order valence-electron chi connectivity index (χ1n) is 10.8.